The average Bonchev–Trinajstić information content (AvgIpc) is 2.75. The van der Waals surface area contributed by atoms with Crippen molar-refractivity contribution in [3.05, 3.63) is 65.0 Å². The largest absolute Gasteiger partial charge is 0.491 e. The van der Waals surface area contributed by atoms with Crippen LogP contribution in [0.2, 0.25) is 0 Å². The van der Waals surface area contributed by atoms with Crippen molar-refractivity contribution >= 4 is 15.9 Å². The molecule has 1 aliphatic heterocycles. The third kappa shape index (κ3) is 6.04. The number of ether oxygens (including phenoxy) is 1. The molecule has 31 heavy (non-hydrogen) atoms. The molecule has 0 saturated carbocycles. The number of halogens is 1. The van der Waals surface area contributed by atoms with Crippen molar-refractivity contribution in [2.24, 2.45) is 5.92 Å². The van der Waals surface area contributed by atoms with Crippen LogP contribution in [0, 0.1) is 25.6 Å². The van der Waals surface area contributed by atoms with E-state index in [1.807, 2.05) is 32.0 Å². The zero-order chi connectivity index (χ0) is 22.4. The standard InChI is InChI=1S/C23H29FN2O4S/c1-17-6-5-9-22(18(17)2)30-15-12-25-23(27)19-10-13-26(14-11-19)31(28,29)16-20-7-3-4-8-21(20)24/h3-9,19H,10-16H2,1-2H3,(H,25,27). The van der Waals surface area contributed by atoms with E-state index in [9.17, 15) is 17.6 Å². The van der Waals surface area contributed by atoms with Crippen LogP contribution in [0.1, 0.15) is 29.5 Å². The Labute approximate surface area is 183 Å². The summed E-state index contributed by atoms with van der Waals surface area (Å²) in [7, 11) is -3.63. The molecule has 0 spiro atoms. The maximum absolute atomic E-state index is 13.8. The second-order valence-electron chi connectivity index (χ2n) is 7.86. The van der Waals surface area contributed by atoms with Gasteiger partial charge in [-0.2, -0.15) is 0 Å². The number of carbonyl (C=O) groups excluding carboxylic acids is 1. The Morgan fingerprint density at radius 3 is 2.55 bits per heavy atom. The highest BCUT2D eigenvalue weighted by molar-refractivity contribution is 7.88. The smallest absolute Gasteiger partial charge is 0.223 e. The van der Waals surface area contributed by atoms with E-state index in [4.69, 9.17) is 4.74 Å². The summed E-state index contributed by atoms with van der Waals surface area (Å²) >= 11 is 0. The Kier molecular flexibility index (Phi) is 7.67. The normalized spacial score (nSPS) is 15.6. The molecule has 0 aromatic heterocycles. The number of aryl methyl sites for hydroxylation is 1. The van der Waals surface area contributed by atoms with Gasteiger partial charge in [0, 0.05) is 24.6 Å². The Bertz CT molecular complexity index is 1020. The van der Waals surface area contributed by atoms with Gasteiger partial charge in [0.05, 0.1) is 12.3 Å². The summed E-state index contributed by atoms with van der Waals surface area (Å²) in [4.78, 5) is 12.4. The zero-order valence-electron chi connectivity index (χ0n) is 17.9. The molecule has 0 atom stereocenters. The van der Waals surface area contributed by atoms with Gasteiger partial charge in [-0.25, -0.2) is 17.1 Å². The van der Waals surface area contributed by atoms with Crippen molar-refractivity contribution in [1.29, 1.82) is 0 Å². The summed E-state index contributed by atoms with van der Waals surface area (Å²) in [5, 5.41) is 2.88. The molecule has 0 unspecified atom stereocenters. The Hall–Kier alpha value is -2.45. The van der Waals surface area contributed by atoms with Crippen molar-refractivity contribution in [3.63, 3.8) is 0 Å². The minimum absolute atomic E-state index is 0.0873. The zero-order valence-corrected chi connectivity index (χ0v) is 18.8. The molecule has 1 saturated heterocycles. The average molecular weight is 449 g/mol. The monoisotopic (exact) mass is 448 g/mol. The molecule has 2 aromatic rings. The van der Waals surface area contributed by atoms with Gasteiger partial charge in [0.1, 0.15) is 18.2 Å². The molecular weight excluding hydrogens is 419 g/mol. The summed E-state index contributed by atoms with van der Waals surface area (Å²) in [6.07, 6.45) is 0.889. The van der Waals surface area contributed by atoms with Gasteiger partial charge in [-0.1, -0.05) is 30.3 Å². The first-order valence-electron chi connectivity index (χ1n) is 10.5. The second kappa shape index (κ2) is 10.2. The van der Waals surface area contributed by atoms with Gasteiger partial charge < -0.3 is 10.1 Å². The van der Waals surface area contributed by atoms with E-state index in [1.165, 1.54) is 22.5 Å². The molecular formula is C23H29FN2O4S. The van der Waals surface area contributed by atoms with Crippen LogP contribution in [0.4, 0.5) is 4.39 Å². The molecule has 1 heterocycles. The number of sulfonamides is 1. The highest BCUT2D eigenvalue weighted by atomic mass is 32.2. The lowest BCUT2D eigenvalue weighted by atomic mass is 9.97. The summed E-state index contributed by atoms with van der Waals surface area (Å²) in [6.45, 7) is 5.29. The van der Waals surface area contributed by atoms with Crippen molar-refractivity contribution in [1.82, 2.24) is 9.62 Å². The molecule has 1 aliphatic rings. The molecule has 8 heteroatoms. The fraction of sp³-hybridized carbons (Fsp3) is 0.435. The van der Waals surface area contributed by atoms with Crippen LogP contribution in [0.3, 0.4) is 0 Å². The molecule has 6 nitrogen and oxygen atoms in total. The van der Waals surface area contributed by atoms with Gasteiger partial charge in [-0.15, -0.1) is 0 Å². The van der Waals surface area contributed by atoms with Crippen LogP contribution in [-0.2, 0) is 20.6 Å². The van der Waals surface area contributed by atoms with Crippen LogP contribution in [-0.4, -0.2) is 44.9 Å². The molecule has 168 valence electrons. The first-order chi connectivity index (χ1) is 14.8. The van der Waals surface area contributed by atoms with Crippen molar-refractivity contribution in [3.8, 4) is 5.75 Å². The Morgan fingerprint density at radius 2 is 1.84 bits per heavy atom. The van der Waals surface area contributed by atoms with E-state index in [2.05, 4.69) is 5.32 Å². The van der Waals surface area contributed by atoms with E-state index in [0.29, 0.717) is 26.0 Å². The molecule has 0 bridgehead atoms. The summed E-state index contributed by atoms with van der Waals surface area (Å²) in [5.41, 5.74) is 2.39. The van der Waals surface area contributed by atoms with E-state index < -0.39 is 15.8 Å². The number of amides is 1. The number of carbonyl (C=O) groups is 1. The topological polar surface area (TPSA) is 75.7 Å². The quantitative estimate of drug-likeness (QED) is 0.630. The van der Waals surface area contributed by atoms with Crippen LogP contribution in [0.15, 0.2) is 42.5 Å². The predicted octanol–water partition coefficient (Wildman–Crippen LogP) is 3.18. The first kappa shape index (κ1) is 23.2. The number of hydrogen-bond acceptors (Lipinski definition) is 4. The number of piperidine rings is 1. The summed E-state index contributed by atoms with van der Waals surface area (Å²) in [5.74, 6) is -0.408. The SMILES string of the molecule is Cc1cccc(OCCNC(=O)C2CCN(S(=O)(=O)Cc3ccccc3F)CC2)c1C. The maximum atomic E-state index is 13.8. The summed E-state index contributed by atoms with van der Waals surface area (Å²) < 4.78 is 46.2. The van der Waals surface area contributed by atoms with Gasteiger partial charge in [-0.3, -0.25) is 4.79 Å². The minimum atomic E-state index is -3.63. The molecule has 3 rings (SSSR count). The van der Waals surface area contributed by atoms with Gasteiger partial charge in [-0.05, 0) is 49.9 Å². The third-order valence-electron chi connectivity index (χ3n) is 5.73. The molecule has 1 fully saturated rings. The predicted molar refractivity (Wildman–Crippen MR) is 118 cm³/mol. The number of hydrogen-bond donors (Lipinski definition) is 1. The van der Waals surface area contributed by atoms with Gasteiger partial charge in [0.25, 0.3) is 0 Å². The number of nitrogens with zero attached hydrogens (tertiary/aromatic N) is 1. The molecule has 1 amide bonds. The van der Waals surface area contributed by atoms with Crippen LogP contribution < -0.4 is 10.1 Å². The lowest BCUT2D eigenvalue weighted by Crippen LogP contribution is -2.44. The number of rotatable bonds is 8. The van der Waals surface area contributed by atoms with Crippen LogP contribution in [0.5, 0.6) is 5.75 Å². The van der Waals surface area contributed by atoms with Crippen molar-refractivity contribution in [2.45, 2.75) is 32.4 Å². The number of benzene rings is 2. The Balaban J connectivity index is 1.43. The lowest BCUT2D eigenvalue weighted by molar-refractivity contribution is -0.126. The van der Waals surface area contributed by atoms with Gasteiger partial charge in [0.2, 0.25) is 15.9 Å². The molecule has 0 radical (unpaired) electrons. The van der Waals surface area contributed by atoms with Crippen LogP contribution in [0.25, 0.3) is 0 Å². The fourth-order valence-electron chi connectivity index (χ4n) is 3.66. The third-order valence-corrected chi connectivity index (χ3v) is 7.56. The fourth-order valence-corrected chi connectivity index (χ4v) is 5.24. The second-order valence-corrected chi connectivity index (χ2v) is 9.83. The first-order valence-corrected chi connectivity index (χ1v) is 12.1. The van der Waals surface area contributed by atoms with E-state index in [1.54, 1.807) is 6.07 Å². The number of nitrogens with one attached hydrogen (secondary N) is 1. The summed E-state index contributed by atoms with van der Waals surface area (Å²) in [6, 6.07) is 11.7. The molecule has 0 aliphatic carbocycles. The Morgan fingerprint density at radius 1 is 1.13 bits per heavy atom. The van der Waals surface area contributed by atoms with Crippen LogP contribution >= 0.6 is 0 Å². The highest BCUT2D eigenvalue weighted by Gasteiger charge is 2.31. The van der Waals surface area contributed by atoms with E-state index >= 15 is 0 Å². The molecule has 1 N–H and O–H groups in total. The molecule has 2 aromatic carbocycles. The minimum Gasteiger partial charge on any atom is -0.491 e. The highest BCUT2D eigenvalue weighted by Crippen LogP contribution is 2.23. The van der Waals surface area contributed by atoms with Gasteiger partial charge in [0.15, 0.2) is 0 Å². The van der Waals surface area contributed by atoms with Gasteiger partial charge >= 0.3 is 0 Å². The van der Waals surface area contributed by atoms with Crippen molar-refractivity contribution < 1.29 is 22.3 Å². The lowest BCUT2D eigenvalue weighted by Gasteiger charge is -2.30. The van der Waals surface area contributed by atoms with Crippen molar-refractivity contribution in [2.75, 3.05) is 26.2 Å². The van der Waals surface area contributed by atoms with E-state index in [-0.39, 0.29) is 36.2 Å². The van der Waals surface area contributed by atoms with E-state index in [0.717, 1.165) is 16.9 Å². The maximum Gasteiger partial charge on any atom is 0.223 e.